The molecule has 0 atom stereocenters. The minimum absolute atomic E-state index is 0.146. The van der Waals surface area contributed by atoms with Gasteiger partial charge in [-0.05, 0) is 11.6 Å². The molecular formula is C13H19N3O3S. The molecule has 0 unspecified atom stereocenters. The molecule has 2 N–H and O–H groups in total. The highest BCUT2D eigenvalue weighted by Gasteiger charge is 2.22. The van der Waals surface area contributed by atoms with E-state index < -0.39 is 10.0 Å². The Morgan fingerprint density at radius 2 is 2.05 bits per heavy atom. The van der Waals surface area contributed by atoms with E-state index in [4.69, 9.17) is 15.7 Å². The van der Waals surface area contributed by atoms with Crippen molar-refractivity contribution < 1.29 is 13.2 Å². The summed E-state index contributed by atoms with van der Waals surface area (Å²) in [6.45, 7) is 0.678. The van der Waals surface area contributed by atoms with Crippen LogP contribution in [0.5, 0.6) is 0 Å². The number of nitrogens with two attached hydrogens (primary N) is 1. The standard InChI is InChI=1S/C13H19N3O3S/c1-19-10-9-16(8-4-7-14)20(17,18)11-12-5-2-3-6-13(12)15/h2-3,5-6H,4,8-11,15H2,1H3. The molecule has 6 nitrogen and oxygen atoms in total. The fraction of sp³-hybridized carbons (Fsp3) is 0.462. The SMILES string of the molecule is COCCN(CCC#N)S(=O)(=O)Cc1ccccc1N. The number of sulfonamides is 1. The van der Waals surface area contributed by atoms with Crippen LogP contribution in [0.1, 0.15) is 12.0 Å². The van der Waals surface area contributed by atoms with Crippen molar-refractivity contribution in [1.82, 2.24) is 4.31 Å². The fourth-order valence-corrected chi connectivity index (χ4v) is 3.27. The number of nitriles is 1. The van der Waals surface area contributed by atoms with E-state index in [2.05, 4.69) is 0 Å². The van der Waals surface area contributed by atoms with Gasteiger partial charge in [-0.25, -0.2) is 8.42 Å². The van der Waals surface area contributed by atoms with Crippen LogP contribution in [0, 0.1) is 11.3 Å². The molecule has 0 spiro atoms. The monoisotopic (exact) mass is 297 g/mol. The minimum atomic E-state index is -3.52. The number of nitrogens with zero attached hydrogens (tertiary/aromatic N) is 2. The summed E-state index contributed by atoms with van der Waals surface area (Å²) >= 11 is 0. The summed E-state index contributed by atoms with van der Waals surface area (Å²) in [4.78, 5) is 0. The molecule has 0 aliphatic carbocycles. The molecule has 7 heteroatoms. The van der Waals surface area contributed by atoms with Gasteiger partial charge in [0.2, 0.25) is 10.0 Å². The van der Waals surface area contributed by atoms with Crippen molar-refractivity contribution in [3.63, 3.8) is 0 Å². The van der Waals surface area contributed by atoms with E-state index in [0.717, 1.165) is 0 Å². The Bertz CT molecular complexity index is 566. The van der Waals surface area contributed by atoms with Gasteiger partial charge in [-0.3, -0.25) is 0 Å². The van der Waals surface area contributed by atoms with Gasteiger partial charge in [0.15, 0.2) is 0 Å². The number of hydrogen-bond donors (Lipinski definition) is 1. The molecule has 1 rings (SSSR count). The molecule has 0 saturated carbocycles. The number of methoxy groups -OCH3 is 1. The lowest BCUT2D eigenvalue weighted by atomic mass is 10.2. The van der Waals surface area contributed by atoms with E-state index in [1.54, 1.807) is 24.3 Å². The molecule has 1 aromatic rings. The summed E-state index contributed by atoms with van der Waals surface area (Å²) in [7, 11) is -2.02. The Morgan fingerprint density at radius 1 is 1.35 bits per heavy atom. The van der Waals surface area contributed by atoms with Crippen molar-refractivity contribution in [2.75, 3.05) is 32.5 Å². The van der Waals surface area contributed by atoms with Crippen LogP contribution in [0.2, 0.25) is 0 Å². The van der Waals surface area contributed by atoms with Gasteiger partial charge in [-0.1, -0.05) is 18.2 Å². The molecule has 0 radical (unpaired) electrons. The summed E-state index contributed by atoms with van der Waals surface area (Å²) in [5, 5.41) is 8.62. The Kier molecular flexibility index (Phi) is 6.45. The van der Waals surface area contributed by atoms with Crippen LogP contribution in [-0.4, -0.2) is 39.5 Å². The Morgan fingerprint density at radius 3 is 2.65 bits per heavy atom. The van der Waals surface area contributed by atoms with Crippen molar-refractivity contribution in [3.05, 3.63) is 29.8 Å². The first-order chi connectivity index (χ1) is 9.51. The predicted octanol–water partition coefficient (Wildman–Crippen LogP) is 0.961. The average molecular weight is 297 g/mol. The second-order valence-electron chi connectivity index (χ2n) is 4.25. The van der Waals surface area contributed by atoms with E-state index in [0.29, 0.717) is 11.3 Å². The predicted molar refractivity (Wildman–Crippen MR) is 77.2 cm³/mol. The molecule has 0 saturated heterocycles. The lowest BCUT2D eigenvalue weighted by Gasteiger charge is -2.21. The molecule has 0 amide bonds. The lowest BCUT2D eigenvalue weighted by Crippen LogP contribution is -2.35. The third-order valence-corrected chi connectivity index (χ3v) is 4.63. The topological polar surface area (TPSA) is 96.4 Å². The molecule has 110 valence electrons. The molecule has 20 heavy (non-hydrogen) atoms. The Balaban J connectivity index is 2.87. The summed E-state index contributed by atoms with van der Waals surface area (Å²) in [6, 6.07) is 8.80. The molecule has 0 aliphatic heterocycles. The van der Waals surface area contributed by atoms with Gasteiger partial charge in [0.05, 0.1) is 18.4 Å². The Hall–Kier alpha value is -1.62. The maximum absolute atomic E-state index is 12.4. The second kappa shape index (κ2) is 7.85. The fourth-order valence-electron chi connectivity index (χ4n) is 1.71. The van der Waals surface area contributed by atoms with Gasteiger partial charge in [0, 0.05) is 32.3 Å². The van der Waals surface area contributed by atoms with Crippen LogP contribution in [0.4, 0.5) is 5.69 Å². The number of hydrogen-bond acceptors (Lipinski definition) is 5. The third kappa shape index (κ3) is 4.81. The Labute approximate surface area is 119 Å². The summed E-state index contributed by atoms with van der Waals surface area (Å²) in [6.07, 6.45) is 0.146. The highest BCUT2D eigenvalue weighted by molar-refractivity contribution is 7.88. The van der Waals surface area contributed by atoms with Crippen LogP contribution in [0.25, 0.3) is 0 Å². The quantitative estimate of drug-likeness (QED) is 0.721. The first-order valence-corrected chi connectivity index (χ1v) is 7.79. The van der Waals surface area contributed by atoms with Crippen molar-refractivity contribution in [2.45, 2.75) is 12.2 Å². The van der Waals surface area contributed by atoms with Crippen LogP contribution in [0.15, 0.2) is 24.3 Å². The van der Waals surface area contributed by atoms with E-state index >= 15 is 0 Å². The number of anilines is 1. The van der Waals surface area contributed by atoms with Crippen LogP contribution in [0.3, 0.4) is 0 Å². The zero-order valence-electron chi connectivity index (χ0n) is 11.4. The number of rotatable bonds is 8. The normalized spacial score (nSPS) is 11.4. The lowest BCUT2D eigenvalue weighted by molar-refractivity contribution is 0.179. The summed E-state index contributed by atoms with van der Waals surface area (Å²) < 4.78 is 30.9. The van der Waals surface area contributed by atoms with Crippen LogP contribution in [-0.2, 0) is 20.5 Å². The first-order valence-electron chi connectivity index (χ1n) is 6.18. The van der Waals surface area contributed by atoms with E-state index in [9.17, 15) is 8.42 Å². The zero-order chi connectivity index (χ0) is 15.0. The van der Waals surface area contributed by atoms with Crippen molar-refractivity contribution in [3.8, 4) is 6.07 Å². The zero-order valence-corrected chi connectivity index (χ0v) is 12.3. The second-order valence-corrected chi connectivity index (χ2v) is 6.22. The van der Waals surface area contributed by atoms with E-state index in [1.807, 2.05) is 6.07 Å². The summed E-state index contributed by atoms with van der Waals surface area (Å²) in [5.41, 5.74) is 6.78. The first kappa shape index (κ1) is 16.4. The van der Waals surface area contributed by atoms with Gasteiger partial charge in [-0.15, -0.1) is 0 Å². The number of ether oxygens (including phenoxy) is 1. The van der Waals surface area contributed by atoms with Gasteiger partial charge in [0.25, 0.3) is 0 Å². The maximum Gasteiger partial charge on any atom is 0.218 e. The number of nitrogen functional groups attached to an aromatic ring is 1. The van der Waals surface area contributed by atoms with Gasteiger partial charge >= 0.3 is 0 Å². The highest BCUT2D eigenvalue weighted by atomic mass is 32.2. The number of benzene rings is 1. The highest BCUT2D eigenvalue weighted by Crippen LogP contribution is 2.17. The van der Waals surface area contributed by atoms with Crippen LogP contribution < -0.4 is 5.73 Å². The van der Waals surface area contributed by atoms with Gasteiger partial charge in [0.1, 0.15) is 0 Å². The minimum Gasteiger partial charge on any atom is -0.398 e. The molecule has 0 aromatic heterocycles. The number of para-hydroxylation sites is 1. The average Bonchev–Trinajstić information content (AvgIpc) is 2.41. The van der Waals surface area contributed by atoms with Crippen LogP contribution >= 0.6 is 0 Å². The smallest absolute Gasteiger partial charge is 0.218 e. The summed E-state index contributed by atoms with van der Waals surface area (Å²) in [5.74, 6) is -0.172. The van der Waals surface area contributed by atoms with Gasteiger partial charge in [-0.2, -0.15) is 9.57 Å². The molecule has 0 fully saturated rings. The van der Waals surface area contributed by atoms with Crippen molar-refractivity contribution in [1.29, 1.82) is 5.26 Å². The van der Waals surface area contributed by atoms with E-state index in [-0.39, 0.29) is 31.9 Å². The largest absolute Gasteiger partial charge is 0.398 e. The van der Waals surface area contributed by atoms with Crippen molar-refractivity contribution >= 4 is 15.7 Å². The van der Waals surface area contributed by atoms with E-state index in [1.165, 1.54) is 11.4 Å². The molecule has 1 aromatic carbocycles. The third-order valence-electron chi connectivity index (χ3n) is 2.80. The molecular weight excluding hydrogens is 278 g/mol. The molecule has 0 bridgehead atoms. The molecule has 0 heterocycles. The van der Waals surface area contributed by atoms with Gasteiger partial charge < -0.3 is 10.5 Å². The molecule has 0 aliphatic rings. The van der Waals surface area contributed by atoms with Crippen molar-refractivity contribution in [2.24, 2.45) is 0 Å². The maximum atomic E-state index is 12.4.